The third-order valence-corrected chi connectivity index (χ3v) is 7.36. The van der Waals surface area contributed by atoms with Gasteiger partial charge in [0.25, 0.3) is 0 Å². The second-order valence-corrected chi connectivity index (χ2v) is 11.5. The van der Waals surface area contributed by atoms with E-state index in [4.69, 9.17) is 22.7 Å². The van der Waals surface area contributed by atoms with Crippen molar-refractivity contribution >= 4 is 28.5 Å². The smallest absolute Gasteiger partial charge is 0.354 e. The summed E-state index contributed by atoms with van der Waals surface area (Å²) >= 11 is 6.24. The van der Waals surface area contributed by atoms with Crippen LogP contribution in [0.3, 0.4) is 0 Å². The maximum Gasteiger partial charge on any atom is 0.354 e. The van der Waals surface area contributed by atoms with E-state index >= 15 is 4.39 Å². The first-order valence-corrected chi connectivity index (χ1v) is 13.9. The quantitative estimate of drug-likeness (QED) is 0.0880. The second kappa shape index (κ2) is 12.9. The van der Waals surface area contributed by atoms with Crippen LogP contribution in [0.15, 0.2) is 47.4 Å². The Bertz CT molecular complexity index is 1610. The molecule has 0 saturated heterocycles. The molecule has 0 unspecified atom stereocenters. The van der Waals surface area contributed by atoms with E-state index in [0.717, 1.165) is 18.4 Å². The summed E-state index contributed by atoms with van der Waals surface area (Å²) in [7, 11) is 0. The summed E-state index contributed by atoms with van der Waals surface area (Å²) in [6.07, 6.45) is 3.84. The Labute approximate surface area is 242 Å². The molecule has 0 spiro atoms. The minimum atomic E-state index is -0.596. The average Bonchev–Trinajstić information content (AvgIpc) is 3.33. The predicted molar refractivity (Wildman–Crippen MR) is 161 cm³/mol. The number of fused-ring (bicyclic) bond motifs is 1. The molecule has 0 aliphatic rings. The molecule has 41 heavy (non-hydrogen) atoms. The summed E-state index contributed by atoms with van der Waals surface area (Å²) in [6, 6.07) is 9.66. The van der Waals surface area contributed by atoms with Crippen LogP contribution in [0.1, 0.15) is 44.7 Å². The van der Waals surface area contributed by atoms with Crippen molar-refractivity contribution < 1.29 is 8.78 Å². The number of nitrogens with one attached hydrogen (secondary N) is 4. The highest BCUT2D eigenvalue weighted by Gasteiger charge is 2.19. The summed E-state index contributed by atoms with van der Waals surface area (Å²) < 4.78 is 31.3. The number of benzene rings is 2. The minimum absolute atomic E-state index is 0.0115. The van der Waals surface area contributed by atoms with Crippen LogP contribution >= 0.6 is 11.6 Å². The zero-order valence-electron chi connectivity index (χ0n) is 23.5. The second-order valence-electron chi connectivity index (χ2n) is 11.0. The van der Waals surface area contributed by atoms with Crippen LogP contribution in [0.4, 0.5) is 8.78 Å². The normalized spacial score (nSPS) is 11.8. The van der Waals surface area contributed by atoms with E-state index in [1.54, 1.807) is 43.5 Å². The van der Waals surface area contributed by atoms with Crippen molar-refractivity contribution in [2.75, 3.05) is 19.6 Å². The number of aryl methyl sites for hydroxylation is 1. The lowest BCUT2D eigenvalue weighted by molar-refractivity contribution is 0.348. The molecule has 2 aromatic heterocycles. The molecule has 0 aliphatic heterocycles. The van der Waals surface area contributed by atoms with Crippen molar-refractivity contribution in [3.8, 4) is 16.9 Å². The van der Waals surface area contributed by atoms with Gasteiger partial charge in [0.2, 0.25) is 0 Å². The number of nitrogens with zero attached hydrogens (tertiary/aromatic N) is 2. The zero-order chi connectivity index (χ0) is 29.7. The Morgan fingerprint density at radius 1 is 1.20 bits per heavy atom. The molecule has 2 aromatic carbocycles. The number of hydrogen-bond acceptors (Lipinski definition) is 5. The van der Waals surface area contributed by atoms with Gasteiger partial charge in [-0.15, -0.1) is 0 Å². The number of rotatable bonds is 12. The molecule has 6 N–H and O–H groups in total. The number of aromatic amines is 1. The molecule has 0 amide bonds. The fourth-order valence-electron chi connectivity index (χ4n) is 4.44. The number of amidine groups is 1. The molecule has 0 fully saturated rings. The summed E-state index contributed by atoms with van der Waals surface area (Å²) in [4.78, 5) is 20.0. The molecule has 11 heteroatoms. The zero-order valence-corrected chi connectivity index (χ0v) is 24.3. The first-order valence-electron chi connectivity index (χ1n) is 13.6. The number of nitrogens with two attached hydrogens (primary N) is 1. The van der Waals surface area contributed by atoms with Gasteiger partial charge in [-0.3, -0.25) is 9.98 Å². The first-order chi connectivity index (χ1) is 19.5. The molecule has 0 saturated carbocycles. The molecule has 4 aromatic rings. The van der Waals surface area contributed by atoms with E-state index < -0.39 is 17.3 Å². The van der Waals surface area contributed by atoms with E-state index in [0.29, 0.717) is 66.4 Å². The third kappa shape index (κ3) is 7.58. The van der Waals surface area contributed by atoms with E-state index in [-0.39, 0.29) is 16.0 Å². The Morgan fingerprint density at radius 2 is 1.98 bits per heavy atom. The van der Waals surface area contributed by atoms with Crippen LogP contribution in [0.5, 0.6) is 0 Å². The standard InChI is InChI=1S/C30H36ClF2N7O/c1-18(35)37-10-4-9-36-15-20-5-6-22(14-25(20)32)40-16-21-13-26(38-28(21)39-29(40)41)23-11-19(12-24(31)27(23)33)7-8-30(2,3)17-34/h5-6,11-14,16,36H,4,7-10,15,17,34H2,1-3H3,(H2,35,37)(H,38,39,41). The van der Waals surface area contributed by atoms with Gasteiger partial charge in [0.15, 0.2) is 5.82 Å². The van der Waals surface area contributed by atoms with Crippen LogP contribution < -0.4 is 22.1 Å². The van der Waals surface area contributed by atoms with Gasteiger partial charge in [-0.1, -0.05) is 31.5 Å². The minimum Gasteiger partial charge on any atom is -0.374 e. The molecule has 0 bridgehead atoms. The Hall–Kier alpha value is -3.60. The largest absolute Gasteiger partial charge is 0.374 e. The highest BCUT2D eigenvalue weighted by atomic mass is 35.5. The summed E-state index contributed by atoms with van der Waals surface area (Å²) in [5, 5.41) is 14.0. The molecule has 4 rings (SSSR count). The summed E-state index contributed by atoms with van der Waals surface area (Å²) in [6.45, 7) is 8.04. The monoisotopic (exact) mass is 583 g/mol. The molecule has 2 heterocycles. The van der Waals surface area contributed by atoms with Crippen molar-refractivity contribution in [1.29, 1.82) is 5.41 Å². The van der Waals surface area contributed by atoms with E-state index in [2.05, 4.69) is 34.4 Å². The maximum absolute atomic E-state index is 15.1. The topological polar surface area (TPSA) is 125 Å². The Balaban J connectivity index is 1.55. The molecular formula is C30H36ClF2N7O. The van der Waals surface area contributed by atoms with Crippen molar-refractivity contribution in [2.45, 2.75) is 46.6 Å². The van der Waals surface area contributed by atoms with Crippen molar-refractivity contribution in [2.24, 2.45) is 11.1 Å². The number of hydrogen-bond donors (Lipinski definition) is 5. The predicted octanol–water partition coefficient (Wildman–Crippen LogP) is 5.30. The maximum atomic E-state index is 15.1. The summed E-state index contributed by atoms with van der Waals surface area (Å²) in [5.41, 5.74) is 7.88. The number of aromatic nitrogens is 3. The molecule has 0 aliphatic carbocycles. The van der Waals surface area contributed by atoms with E-state index in [1.165, 1.54) is 10.6 Å². The first kappa shape index (κ1) is 30.4. The van der Waals surface area contributed by atoms with Gasteiger partial charge in [-0.05, 0) is 80.6 Å². The fourth-order valence-corrected chi connectivity index (χ4v) is 4.68. The highest BCUT2D eigenvalue weighted by molar-refractivity contribution is 6.31. The lowest BCUT2D eigenvalue weighted by Crippen LogP contribution is -2.25. The van der Waals surface area contributed by atoms with Gasteiger partial charge in [0.05, 0.1) is 22.2 Å². The van der Waals surface area contributed by atoms with Gasteiger partial charge in [0.1, 0.15) is 11.5 Å². The molecular weight excluding hydrogens is 548 g/mol. The fraction of sp³-hybridized carbons (Fsp3) is 0.367. The Kier molecular flexibility index (Phi) is 9.57. The lowest BCUT2D eigenvalue weighted by Gasteiger charge is -2.22. The molecule has 0 atom stereocenters. The van der Waals surface area contributed by atoms with Crippen molar-refractivity contribution in [1.82, 2.24) is 25.2 Å². The van der Waals surface area contributed by atoms with Crippen molar-refractivity contribution in [3.05, 3.63) is 80.9 Å². The molecule has 0 radical (unpaired) electrons. The average molecular weight is 584 g/mol. The molecule has 218 valence electrons. The van der Waals surface area contributed by atoms with Gasteiger partial charge in [-0.25, -0.2) is 13.6 Å². The van der Waals surface area contributed by atoms with E-state index in [1.807, 2.05) is 0 Å². The van der Waals surface area contributed by atoms with Crippen LogP contribution in [0.2, 0.25) is 5.02 Å². The van der Waals surface area contributed by atoms with Gasteiger partial charge < -0.3 is 21.4 Å². The molecule has 8 nitrogen and oxygen atoms in total. The van der Waals surface area contributed by atoms with Crippen LogP contribution in [-0.2, 0) is 13.0 Å². The van der Waals surface area contributed by atoms with Gasteiger partial charge in [0, 0.05) is 35.8 Å². The lowest BCUT2D eigenvalue weighted by atomic mass is 9.86. The summed E-state index contributed by atoms with van der Waals surface area (Å²) in [5.74, 6) is -0.603. The van der Waals surface area contributed by atoms with Gasteiger partial charge >= 0.3 is 5.69 Å². The van der Waals surface area contributed by atoms with Crippen LogP contribution in [0.25, 0.3) is 28.0 Å². The van der Waals surface area contributed by atoms with Crippen LogP contribution in [-0.4, -0.2) is 40.0 Å². The number of H-pyrrole nitrogens is 1. The van der Waals surface area contributed by atoms with Crippen molar-refractivity contribution in [3.63, 3.8) is 0 Å². The van der Waals surface area contributed by atoms with Crippen LogP contribution in [0, 0.1) is 22.5 Å². The Morgan fingerprint density at radius 3 is 2.68 bits per heavy atom. The highest BCUT2D eigenvalue weighted by Crippen LogP contribution is 2.32. The van der Waals surface area contributed by atoms with E-state index in [9.17, 15) is 9.18 Å². The SMILES string of the molecule is CC(=N)NCCCNCc1ccc(-n2cc3cc(-c4cc(CCC(C)(C)CN)cc(Cl)c4F)[nH]c3nc2=O)cc1F. The third-order valence-electron chi connectivity index (χ3n) is 7.08. The van der Waals surface area contributed by atoms with Gasteiger partial charge in [-0.2, -0.15) is 4.98 Å². The number of halogens is 3.